The number of hydrogen-bond donors (Lipinski definition) is 3. The number of urea groups is 1. The van der Waals surface area contributed by atoms with Crippen molar-refractivity contribution in [3.8, 4) is 0 Å². The number of nitrogens with one attached hydrogen (secondary N) is 3. The van der Waals surface area contributed by atoms with Gasteiger partial charge in [-0.3, -0.25) is 4.79 Å². The molecule has 30 heavy (non-hydrogen) atoms. The Kier molecular flexibility index (Phi) is 7.71. The highest BCUT2D eigenvalue weighted by atomic mass is 16.2. The molecule has 1 saturated heterocycles. The van der Waals surface area contributed by atoms with Crippen LogP contribution in [0, 0.1) is 0 Å². The molecule has 1 fully saturated rings. The number of benzene rings is 2. The molecular formula is C24H32N4O2. The SMILES string of the molecule is CC(C)Nc1cccc(CNC(=O)Nc2ccc(C(=O)N3CCCCCC3)cc2)c1. The number of amides is 3. The predicted molar refractivity (Wildman–Crippen MR) is 122 cm³/mol. The lowest BCUT2D eigenvalue weighted by Gasteiger charge is -2.20. The number of likely N-dealkylation sites (tertiary alicyclic amines) is 1. The van der Waals surface area contributed by atoms with Crippen molar-refractivity contribution in [3.05, 3.63) is 59.7 Å². The highest BCUT2D eigenvalue weighted by molar-refractivity contribution is 5.95. The van der Waals surface area contributed by atoms with Crippen LogP contribution in [-0.2, 0) is 6.54 Å². The van der Waals surface area contributed by atoms with Gasteiger partial charge in [0.15, 0.2) is 0 Å². The van der Waals surface area contributed by atoms with Crippen LogP contribution in [0.5, 0.6) is 0 Å². The molecular weight excluding hydrogens is 376 g/mol. The van der Waals surface area contributed by atoms with Crippen LogP contribution in [0.25, 0.3) is 0 Å². The summed E-state index contributed by atoms with van der Waals surface area (Å²) in [6, 6.07) is 15.2. The van der Waals surface area contributed by atoms with E-state index in [-0.39, 0.29) is 11.9 Å². The summed E-state index contributed by atoms with van der Waals surface area (Å²) in [4.78, 5) is 26.8. The summed E-state index contributed by atoms with van der Waals surface area (Å²) in [7, 11) is 0. The maximum absolute atomic E-state index is 12.7. The molecule has 0 bridgehead atoms. The van der Waals surface area contributed by atoms with Crippen LogP contribution in [0.15, 0.2) is 48.5 Å². The van der Waals surface area contributed by atoms with Crippen LogP contribution in [0.2, 0.25) is 0 Å². The molecule has 1 aliphatic rings. The molecule has 6 heteroatoms. The van der Waals surface area contributed by atoms with Crippen molar-refractivity contribution < 1.29 is 9.59 Å². The Balaban J connectivity index is 1.50. The second-order valence-electron chi connectivity index (χ2n) is 8.09. The largest absolute Gasteiger partial charge is 0.383 e. The molecule has 0 unspecified atom stereocenters. The van der Waals surface area contributed by atoms with Crippen molar-refractivity contribution in [1.82, 2.24) is 10.2 Å². The molecule has 0 spiro atoms. The Bertz CT molecular complexity index is 841. The van der Waals surface area contributed by atoms with Gasteiger partial charge in [-0.15, -0.1) is 0 Å². The van der Waals surface area contributed by atoms with E-state index in [9.17, 15) is 9.59 Å². The predicted octanol–water partition coefficient (Wildman–Crippen LogP) is 4.84. The number of anilines is 2. The van der Waals surface area contributed by atoms with Gasteiger partial charge < -0.3 is 20.9 Å². The van der Waals surface area contributed by atoms with Crippen molar-refractivity contribution in [2.24, 2.45) is 0 Å². The van der Waals surface area contributed by atoms with Gasteiger partial charge in [-0.25, -0.2) is 4.79 Å². The van der Waals surface area contributed by atoms with Gasteiger partial charge in [0.1, 0.15) is 0 Å². The monoisotopic (exact) mass is 408 g/mol. The fourth-order valence-electron chi connectivity index (χ4n) is 3.61. The van der Waals surface area contributed by atoms with Crippen LogP contribution >= 0.6 is 0 Å². The lowest BCUT2D eigenvalue weighted by Crippen LogP contribution is -2.31. The van der Waals surface area contributed by atoms with Crippen LogP contribution in [0.1, 0.15) is 55.5 Å². The van der Waals surface area contributed by atoms with Gasteiger partial charge in [0.05, 0.1) is 0 Å². The number of carbonyl (C=O) groups is 2. The Morgan fingerprint density at radius 2 is 1.63 bits per heavy atom. The lowest BCUT2D eigenvalue weighted by molar-refractivity contribution is 0.0761. The van der Waals surface area contributed by atoms with E-state index in [1.807, 2.05) is 29.2 Å². The standard InChI is InChI=1S/C24H32N4O2/c1-18(2)26-22-9-7-8-19(16-22)17-25-24(30)27-21-12-10-20(11-13-21)23(29)28-14-5-3-4-6-15-28/h7-13,16,18,26H,3-6,14-15,17H2,1-2H3,(H2,25,27,30). The molecule has 3 rings (SSSR count). The van der Waals surface area contributed by atoms with Crippen molar-refractivity contribution in [2.45, 2.75) is 52.1 Å². The van der Waals surface area contributed by atoms with Gasteiger partial charge in [0.2, 0.25) is 0 Å². The first-order valence-electron chi connectivity index (χ1n) is 10.8. The number of carbonyl (C=O) groups excluding carboxylic acids is 2. The zero-order valence-electron chi connectivity index (χ0n) is 17.9. The first-order chi connectivity index (χ1) is 14.5. The summed E-state index contributed by atoms with van der Waals surface area (Å²) in [5, 5.41) is 9.05. The Morgan fingerprint density at radius 3 is 2.30 bits per heavy atom. The van der Waals surface area contributed by atoms with Gasteiger partial charge >= 0.3 is 6.03 Å². The van der Waals surface area contributed by atoms with E-state index in [0.29, 0.717) is 23.8 Å². The first kappa shape index (κ1) is 21.7. The highest BCUT2D eigenvalue weighted by Gasteiger charge is 2.17. The molecule has 0 aliphatic carbocycles. The molecule has 0 aromatic heterocycles. The maximum Gasteiger partial charge on any atom is 0.319 e. The summed E-state index contributed by atoms with van der Waals surface area (Å²) in [5.74, 6) is 0.0720. The zero-order chi connectivity index (χ0) is 21.3. The second-order valence-corrected chi connectivity index (χ2v) is 8.09. The Labute approximate surface area is 179 Å². The van der Waals surface area contributed by atoms with Crippen molar-refractivity contribution in [1.29, 1.82) is 0 Å². The fourth-order valence-corrected chi connectivity index (χ4v) is 3.61. The first-order valence-corrected chi connectivity index (χ1v) is 10.8. The molecule has 3 N–H and O–H groups in total. The van der Waals surface area contributed by atoms with Crippen molar-refractivity contribution >= 4 is 23.3 Å². The molecule has 2 aromatic rings. The van der Waals surface area contributed by atoms with E-state index < -0.39 is 0 Å². The van der Waals surface area contributed by atoms with Crippen molar-refractivity contribution in [2.75, 3.05) is 23.7 Å². The van der Waals surface area contributed by atoms with E-state index in [2.05, 4.69) is 29.8 Å². The third-order valence-corrected chi connectivity index (χ3v) is 5.12. The van der Waals surface area contributed by atoms with Crippen LogP contribution < -0.4 is 16.0 Å². The molecule has 3 amide bonds. The molecule has 1 heterocycles. The Hall–Kier alpha value is -3.02. The average Bonchev–Trinajstić information content (AvgIpc) is 3.02. The molecule has 6 nitrogen and oxygen atoms in total. The summed E-state index contributed by atoms with van der Waals surface area (Å²) in [6.07, 6.45) is 4.53. The molecule has 0 atom stereocenters. The van der Waals surface area contributed by atoms with Crippen molar-refractivity contribution in [3.63, 3.8) is 0 Å². The second kappa shape index (κ2) is 10.7. The Morgan fingerprint density at radius 1 is 0.933 bits per heavy atom. The van der Waals surface area contributed by atoms with Gasteiger partial charge in [-0.1, -0.05) is 25.0 Å². The molecule has 0 saturated carbocycles. The molecule has 160 valence electrons. The minimum absolute atomic E-state index is 0.0720. The molecule has 2 aromatic carbocycles. The van der Waals surface area contributed by atoms with Gasteiger partial charge in [-0.05, 0) is 68.7 Å². The van der Waals surface area contributed by atoms with Gasteiger partial charge in [-0.2, -0.15) is 0 Å². The van der Waals surface area contributed by atoms with E-state index in [0.717, 1.165) is 37.2 Å². The topological polar surface area (TPSA) is 73.5 Å². The molecule has 1 aliphatic heterocycles. The minimum atomic E-state index is -0.274. The number of nitrogens with zero attached hydrogens (tertiary/aromatic N) is 1. The third-order valence-electron chi connectivity index (χ3n) is 5.12. The average molecular weight is 409 g/mol. The summed E-state index contributed by atoms with van der Waals surface area (Å²) < 4.78 is 0. The normalized spacial score (nSPS) is 14.2. The lowest BCUT2D eigenvalue weighted by atomic mass is 10.1. The summed E-state index contributed by atoms with van der Waals surface area (Å²) in [5.41, 5.74) is 3.39. The van der Waals surface area contributed by atoms with Crippen LogP contribution in [0.4, 0.5) is 16.2 Å². The maximum atomic E-state index is 12.7. The van der Waals surface area contributed by atoms with E-state index in [1.165, 1.54) is 12.8 Å². The highest BCUT2D eigenvalue weighted by Crippen LogP contribution is 2.16. The van der Waals surface area contributed by atoms with E-state index in [4.69, 9.17) is 0 Å². The minimum Gasteiger partial charge on any atom is -0.383 e. The summed E-state index contributed by atoms with van der Waals surface area (Å²) >= 11 is 0. The molecule has 0 radical (unpaired) electrons. The smallest absolute Gasteiger partial charge is 0.319 e. The van der Waals surface area contributed by atoms with E-state index >= 15 is 0 Å². The number of rotatable bonds is 6. The van der Waals surface area contributed by atoms with E-state index in [1.54, 1.807) is 24.3 Å². The zero-order valence-corrected chi connectivity index (χ0v) is 17.9. The fraction of sp³-hybridized carbons (Fsp3) is 0.417. The number of hydrogen-bond acceptors (Lipinski definition) is 3. The van der Waals surface area contributed by atoms with Crippen LogP contribution in [0.3, 0.4) is 0 Å². The quantitative estimate of drug-likeness (QED) is 0.640. The van der Waals surface area contributed by atoms with Gasteiger partial charge in [0, 0.05) is 42.6 Å². The van der Waals surface area contributed by atoms with Gasteiger partial charge in [0.25, 0.3) is 5.91 Å². The van der Waals surface area contributed by atoms with Crippen LogP contribution in [-0.4, -0.2) is 36.0 Å². The third kappa shape index (κ3) is 6.51. The summed E-state index contributed by atoms with van der Waals surface area (Å²) in [6.45, 7) is 6.27.